The van der Waals surface area contributed by atoms with Crippen molar-refractivity contribution in [2.45, 2.75) is 26.3 Å². The van der Waals surface area contributed by atoms with Crippen LogP contribution in [0.3, 0.4) is 0 Å². The Morgan fingerprint density at radius 2 is 1.84 bits per heavy atom. The van der Waals surface area contributed by atoms with Crippen molar-refractivity contribution in [3.05, 3.63) is 42.5 Å². The zero-order chi connectivity index (χ0) is 13.8. The molecule has 0 aliphatic rings. The number of carbonyl (C=O) groups excluding carboxylic acids is 1. The summed E-state index contributed by atoms with van der Waals surface area (Å²) in [5.41, 5.74) is 5.84. The van der Waals surface area contributed by atoms with Crippen molar-refractivity contribution in [1.82, 2.24) is 0 Å². The fourth-order valence-electron chi connectivity index (χ4n) is 2.07. The summed E-state index contributed by atoms with van der Waals surface area (Å²) in [7, 11) is 0. The topological polar surface area (TPSA) is 52.3 Å². The van der Waals surface area contributed by atoms with Gasteiger partial charge in [-0.3, -0.25) is 0 Å². The van der Waals surface area contributed by atoms with Crippen LogP contribution in [-0.2, 0) is 4.79 Å². The van der Waals surface area contributed by atoms with E-state index in [0.29, 0.717) is 18.1 Å². The second-order valence-corrected chi connectivity index (χ2v) is 5.13. The molecule has 0 saturated carbocycles. The molecule has 0 aliphatic heterocycles. The molecule has 0 unspecified atom stereocenters. The lowest BCUT2D eigenvalue weighted by Gasteiger charge is -2.14. The Kier molecular flexibility index (Phi) is 4.17. The largest absolute Gasteiger partial charge is 0.425 e. The number of ether oxygens (including phenoxy) is 1. The monoisotopic (exact) mass is 257 g/mol. The Hall–Kier alpha value is -1.87. The Morgan fingerprint density at radius 1 is 1.16 bits per heavy atom. The molecule has 19 heavy (non-hydrogen) atoms. The first kappa shape index (κ1) is 13.6. The van der Waals surface area contributed by atoms with E-state index in [1.165, 1.54) is 0 Å². The predicted octanol–water partition coefficient (Wildman–Crippen LogP) is 3.12. The quantitative estimate of drug-likeness (QED) is 0.676. The van der Waals surface area contributed by atoms with Crippen LogP contribution in [0.25, 0.3) is 10.8 Å². The summed E-state index contributed by atoms with van der Waals surface area (Å²) in [6, 6.07) is 12.9. The Bertz CT molecular complexity index is 572. The van der Waals surface area contributed by atoms with Crippen molar-refractivity contribution in [3.8, 4) is 5.75 Å². The number of rotatable bonds is 4. The van der Waals surface area contributed by atoms with Crippen LogP contribution >= 0.6 is 0 Å². The second kappa shape index (κ2) is 5.85. The third-order valence-corrected chi connectivity index (χ3v) is 2.99. The smallest absolute Gasteiger partial charge is 0.328 e. The maximum atomic E-state index is 11.9. The van der Waals surface area contributed by atoms with Gasteiger partial charge in [-0.1, -0.05) is 50.2 Å². The van der Waals surface area contributed by atoms with Gasteiger partial charge in [0.05, 0.1) is 0 Å². The summed E-state index contributed by atoms with van der Waals surface area (Å²) < 4.78 is 5.43. The number of benzene rings is 2. The minimum absolute atomic E-state index is 0.370. The van der Waals surface area contributed by atoms with Gasteiger partial charge in [-0.15, -0.1) is 0 Å². The SMILES string of the molecule is CC(C)C[C@H](N)C(=O)Oc1cccc2ccccc12. The Morgan fingerprint density at radius 3 is 2.58 bits per heavy atom. The van der Waals surface area contributed by atoms with Crippen LogP contribution in [0.15, 0.2) is 42.5 Å². The number of nitrogens with two attached hydrogens (primary N) is 1. The van der Waals surface area contributed by atoms with Crippen LogP contribution in [0, 0.1) is 5.92 Å². The maximum Gasteiger partial charge on any atom is 0.328 e. The summed E-state index contributed by atoms with van der Waals surface area (Å²) in [5.74, 6) is 0.572. The molecule has 2 N–H and O–H groups in total. The lowest BCUT2D eigenvalue weighted by molar-refractivity contribution is -0.136. The molecule has 0 radical (unpaired) electrons. The highest BCUT2D eigenvalue weighted by atomic mass is 16.5. The average molecular weight is 257 g/mol. The summed E-state index contributed by atoms with van der Waals surface area (Å²) >= 11 is 0. The third kappa shape index (κ3) is 3.32. The van der Waals surface area contributed by atoms with E-state index in [0.717, 1.165) is 10.8 Å². The van der Waals surface area contributed by atoms with Crippen LogP contribution < -0.4 is 10.5 Å². The normalized spacial score (nSPS) is 12.6. The fraction of sp³-hybridized carbons (Fsp3) is 0.312. The molecule has 0 saturated heterocycles. The number of fused-ring (bicyclic) bond motifs is 1. The first-order valence-corrected chi connectivity index (χ1v) is 6.53. The van der Waals surface area contributed by atoms with Crippen LogP contribution in [-0.4, -0.2) is 12.0 Å². The molecule has 0 aromatic heterocycles. The van der Waals surface area contributed by atoms with E-state index in [2.05, 4.69) is 0 Å². The number of esters is 1. The zero-order valence-electron chi connectivity index (χ0n) is 11.3. The lowest BCUT2D eigenvalue weighted by atomic mass is 10.0. The van der Waals surface area contributed by atoms with Gasteiger partial charge >= 0.3 is 5.97 Å². The molecule has 2 aromatic rings. The Labute approximate surface area is 113 Å². The number of hydrogen-bond acceptors (Lipinski definition) is 3. The summed E-state index contributed by atoms with van der Waals surface area (Å²) in [6.45, 7) is 4.07. The van der Waals surface area contributed by atoms with E-state index < -0.39 is 6.04 Å². The lowest BCUT2D eigenvalue weighted by Crippen LogP contribution is -2.35. The molecule has 0 heterocycles. The molecular formula is C16H19NO2. The van der Waals surface area contributed by atoms with Gasteiger partial charge in [0.2, 0.25) is 0 Å². The minimum Gasteiger partial charge on any atom is -0.425 e. The van der Waals surface area contributed by atoms with E-state index in [-0.39, 0.29) is 5.97 Å². The molecule has 0 aliphatic carbocycles. The van der Waals surface area contributed by atoms with Crippen molar-refractivity contribution in [3.63, 3.8) is 0 Å². The molecule has 100 valence electrons. The van der Waals surface area contributed by atoms with Crippen LogP contribution in [0.5, 0.6) is 5.75 Å². The molecule has 0 fully saturated rings. The first-order chi connectivity index (χ1) is 9.08. The van der Waals surface area contributed by atoms with Gasteiger partial charge in [-0.25, -0.2) is 4.79 Å². The highest BCUT2D eigenvalue weighted by Gasteiger charge is 2.18. The highest BCUT2D eigenvalue weighted by molar-refractivity contribution is 5.91. The van der Waals surface area contributed by atoms with Gasteiger partial charge in [0, 0.05) is 5.39 Å². The first-order valence-electron chi connectivity index (χ1n) is 6.53. The van der Waals surface area contributed by atoms with Crippen molar-refractivity contribution < 1.29 is 9.53 Å². The number of carbonyl (C=O) groups is 1. The van der Waals surface area contributed by atoms with Gasteiger partial charge < -0.3 is 10.5 Å². The standard InChI is InChI=1S/C16H19NO2/c1-11(2)10-14(17)16(18)19-15-9-5-7-12-6-3-4-8-13(12)15/h3-9,11,14H,10,17H2,1-2H3/t14-/m0/s1. The van der Waals surface area contributed by atoms with E-state index in [1.807, 2.05) is 50.2 Å². The Balaban J connectivity index is 2.19. The molecular weight excluding hydrogens is 238 g/mol. The van der Waals surface area contributed by atoms with Gasteiger partial charge in [0.1, 0.15) is 11.8 Å². The zero-order valence-corrected chi connectivity index (χ0v) is 11.3. The van der Waals surface area contributed by atoms with Crippen molar-refractivity contribution in [2.24, 2.45) is 11.7 Å². The predicted molar refractivity (Wildman–Crippen MR) is 77.0 cm³/mol. The van der Waals surface area contributed by atoms with Gasteiger partial charge in [-0.2, -0.15) is 0 Å². The molecule has 0 bridgehead atoms. The summed E-state index contributed by atoms with van der Waals surface area (Å²) in [4.78, 5) is 11.9. The summed E-state index contributed by atoms with van der Waals surface area (Å²) in [6.07, 6.45) is 0.629. The van der Waals surface area contributed by atoms with Crippen molar-refractivity contribution in [2.75, 3.05) is 0 Å². The third-order valence-electron chi connectivity index (χ3n) is 2.99. The fourth-order valence-corrected chi connectivity index (χ4v) is 2.07. The molecule has 0 spiro atoms. The van der Waals surface area contributed by atoms with Gasteiger partial charge in [-0.05, 0) is 23.8 Å². The van der Waals surface area contributed by atoms with Crippen LogP contribution in [0.2, 0.25) is 0 Å². The molecule has 1 atom stereocenters. The van der Waals surface area contributed by atoms with E-state index in [1.54, 1.807) is 6.07 Å². The van der Waals surface area contributed by atoms with E-state index in [4.69, 9.17) is 10.5 Å². The van der Waals surface area contributed by atoms with Crippen molar-refractivity contribution >= 4 is 16.7 Å². The molecule has 2 rings (SSSR count). The summed E-state index contributed by atoms with van der Waals surface area (Å²) in [5, 5.41) is 1.97. The van der Waals surface area contributed by atoms with Gasteiger partial charge in [0.15, 0.2) is 0 Å². The van der Waals surface area contributed by atoms with Gasteiger partial charge in [0.25, 0.3) is 0 Å². The number of hydrogen-bond donors (Lipinski definition) is 1. The van der Waals surface area contributed by atoms with Crippen LogP contribution in [0.1, 0.15) is 20.3 Å². The van der Waals surface area contributed by atoms with E-state index >= 15 is 0 Å². The van der Waals surface area contributed by atoms with Crippen molar-refractivity contribution in [1.29, 1.82) is 0 Å². The minimum atomic E-state index is -0.570. The molecule has 0 amide bonds. The highest BCUT2D eigenvalue weighted by Crippen LogP contribution is 2.25. The second-order valence-electron chi connectivity index (χ2n) is 5.13. The molecule has 3 nitrogen and oxygen atoms in total. The van der Waals surface area contributed by atoms with E-state index in [9.17, 15) is 4.79 Å². The molecule has 2 aromatic carbocycles. The van der Waals surface area contributed by atoms with Crippen LogP contribution in [0.4, 0.5) is 0 Å². The maximum absolute atomic E-state index is 11.9. The molecule has 3 heteroatoms. The average Bonchev–Trinajstić information content (AvgIpc) is 2.38.